The lowest BCUT2D eigenvalue weighted by Gasteiger charge is -2.37. The molecule has 1 aromatic heterocycles. The normalized spacial score (nSPS) is 23.2. The van der Waals surface area contributed by atoms with Gasteiger partial charge in [-0.3, -0.25) is 14.7 Å². The third-order valence-electron chi connectivity index (χ3n) is 5.64. The molecule has 1 saturated heterocycles. The molecule has 0 radical (unpaired) electrons. The van der Waals surface area contributed by atoms with E-state index in [1.807, 2.05) is 41.4 Å². The van der Waals surface area contributed by atoms with Gasteiger partial charge in [0.1, 0.15) is 11.9 Å². The van der Waals surface area contributed by atoms with Crippen molar-refractivity contribution in [2.75, 3.05) is 19.6 Å². The van der Waals surface area contributed by atoms with Gasteiger partial charge in [0.05, 0.1) is 12.2 Å². The number of carbonyl (C=O) groups is 1. The van der Waals surface area contributed by atoms with Crippen molar-refractivity contribution in [1.29, 1.82) is 0 Å². The summed E-state index contributed by atoms with van der Waals surface area (Å²) in [7, 11) is 0. The topological polar surface area (TPSA) is 45.7 Å². The average Bonchev–Trinajstić information content (AvgIpc) is 2.89. The number of hydrogen-bond donors (Lipinski definition) is 0. The summed E-state index contributed by atoms with van der Waals surface area (Å²) in [6.45, 7) is 5.89. The fraction of sp³-hybridized carbons (Fsp3) is 0.455. The van der Waals surface area contributed by atoms with Crippen LogP contribution in [0.15, 0.2) is 48.7 Å². The number of benzene rings is 1. The number of nitrogens with zero attached hydrogens (tertiary/aromatic N) is 3. The lowest BCUT2D eigenvalue weighted by atomic mass is 9.91. The Kier molecular flexibility index (Phi) is 5.39. The van der Waals surface area contributed by atoms with Crippen LogP contribution in [0.5, 0.6) is 5.75 Å². The molecule has 1 fully saturated rings. The molecule has 0 N–H and O–H groups in total. The van der Waals surface area contributed by atoms with Crippen molar-refractivity contribution in [3.63, 3.8) is 0 Å². The highest BCUT2D eigenvalue weighted by Gasteiger charge is 2.33. The summed E-state index contributed by atoms with van der Waals surface area (Å²) in [6.07, 6.45) is 4.17. The maximum atomic E-state index is 12.1. The van der Waals surface area contributed by atoms with Gasteiger partial charge in [0.2, 0.25) is 5.91 Å². The van der Waals surface area contributed by atoms with Crippen molar-refractivity contribution in [3.05, 3.63) is 59.9 Å². The number of hydrogen-bond acceptors (Lipinski definition) is 4. The Morgan fingerprint density at radius 3 is 2.85 bits per heavy atom. The van der Waals surface area contributed by atoms with Crippen molar-refractivity contribution < 1.29 is 9.53 Å². The van der Waals surface area contributed by atoms with Crippen molar-refractivity contribution in [1.82, 2.24) is 14.8 Å². The van der Waals surface area contributed by atoms with Gasteiger partial charge in [0.15, 0.2) is 0 Å². The summed E-state index contributed by atoms with van der Waals surface area (Å²) in [6, 6.07) is 14.2. The van der Waals surface area contributed by atoms with E-state index >= 15 is 0 Å². The monoisotopic (exact) mass is 365 g/mol. The molecular formula is C22H27N3O2. The van der Waals surface area contributed by atoms with Crippen molar-refractivity contribution in [2.45, 2.75) is 39.0 Å². The van der Waals surface area contributed by atoms with Gasteiger partial charge in [-0.25, -0.2) is 0 Å². The van der Waals surface area contributed by atoms with Gasteiger partial charge in [0, 0.05) is 44.2 Å². The molecule has 0 aliphatic carbocycles. The van der Waals surface area contributed by atoms with Gasteiger partial charge >= 0.3 is 0 Å². The maximum Gasteiger partial charge on any atom is 0.219 e. The van der Waals surface area contributed by atoms with E-state index in [2.05, 4.69) is 22.0 Å². The highest BCUT2D eigenvalue weighted by Crippen LogP contribution is 2.30. The molecule has 1 aromatic carbocycles. The van der Waals surface area contributed by atoms with Crippen LogP contribution in [0.4, 0.5) is 0 Å². The van der Waals surface area contributed by atoms with Crippen LogP contribution in [0.3, 0.4) is 0 Å². The quantitative estimate of drug-likeness (QED) is 0.838. The second-order valence-corrected chi connectivity index (χ2v) is 7.62. The molecule has 142 valence electrons. The SMILES string of the molecule is CC(=O)N1Cc2ccccc2O[C@H]([C@@H]2CCCN(Cc3ccccn3)C2)C1. The molecule has 27 heavy (non-hydrogen) atoms. The van der Waals surface area contributed by atoms with Crippen LogP contribution < -0.4 is 4.74 Å². The van der Waals surface area contributed by atoms with E-state index < -0.39 is 0 Å². The van der Waals surface area contributed by atoms with E-state index in [0.717, 1.165) is 49.5 Å². The molecule has 0 unspecified atom stereocenters. The van der Waals surface area contributed by atoms with Crippen LogP contribution in [-0.2, 0) is 17.9 Å². The molecule has 4 rings (SSSR count). The summed E-state index contributed by atoms with van der Waals surface area (Å²) >= 11 is 0. The van der Waals surface area contributed by atoms with Crippen molar-refractivity contribution >= 4 is 5.91 Å². The molecule has 5 nitrogen and oxygen atoms in total. The van der Waals surface area contributed by atoms with Crippen LogP contribution in [0.25, 0.3) is 0 Å². The lowest BCUT2D eigenvalue weighted by molar-refractivity contribution is -0.130. The van der Waals surface area contributed by atoms with Gasteiger partial charge in [-0.05, 0) is 37.6 Å². The Morgan fingerprint density at radius 2 is 2.04 bits per heavy atom. The number of pyridine rings is 1. The van der Waals surface area contributed by atoms with Gasteiger partial charge in [0.25, 0.3) is 0 Å². The zero-order valence-electron chi connectivity index (χ0n) is 15.9. The van der Waals surface area contributed by atoms with Crippen LogP contribution in [0.1, 0.15) is 31.0 Å². The number of rotatable bonds is 3. The van der Waals surface area contributed by atoms with E-state index in [1.54, 1.807) is 6.92 Å². The largest absolute Gasteiger partial charge is 0.488 e. The predicted octanol–water partition coefficient (Wildman–Crippen LogP) is 3.10. The van der Waals surface area contributed by atoms with Crippen molar-refractivity contribution in [2.24, 2.45) is 5.92 Å². The fourth-order valence-corrected chi connectivity index (χ4v) is 4.18. The van der Waals surface area contributed by atoms with Gasteiger partial charge in [-0.1, -0.05) is 24.3 Å². The molecular weight excluding hydrogens is 338 g/mol. The number of aromatic nitrogens is 1. The minimum Gasteiger partial charge on any atom is -0.488 e. The fourth-order valence-electron chi connectivity index (χ4n) is 4.18. The Labute approximate surface area is 161 Å². The third kappa shape index (κ3) is 4.30. The number of likely N-dealkylation sites (tertiary alicyclic amines) is 1. The first-order chi connectivity index (χ1) is 13.2. The zero-order valence-corrected chi connectivity index (χ0v) is 15.9. The Bertz CT molecular complexity index is 780. The molecule has 2 aromatic rings. The summed E-state index contributed by atoms with van der Waals surface area (Å²) < 4.78 is 6.44. The molecule has 2 aliphatic heterocycles. The molecule has 0 bridgehead atoms. The summed E-state index contributed by atoms with van der Waals surface area (Å²) in [5.41, 5.74) is 2.20. The van der Waals surface area contributed by atoms with Gasteiger partial charge in [-0.2, -0.15) is 0 Å². The first-order valence-corrected chi connectivity index (χ1v) is 9.81. The van der Waals surface area contributed by atoms with Crippen LogP contribution >= 0.6 is 0 Å². The van der Waals surface area contributed by atoms with Gasteiger partial charge < -0.3 is 9.64 Å². The Hall–Kier alpha value is -2.40. The number of para-hydroxylation sites is 1. The summed E-state index contributed by atoms with van der Waals surface area (Å²) in [4.78, 5) is 21.0. The minimum absolute atomic E-state index is 0.0316. The third-order valence-corrected chi connectivity index (χ3v) is 5.64. The van der Waals surface area contributed by atoms with Crippen LogP contribution in [0, 0.1) is 5.92 Å². The smallest absolute Gasteiger partial charge is 0.219 e. The Balaban J connectivity index is 1.50. The average molecular weight is 365 g/mol. The van der Waals surface area contributed by atoms with E-state index in [1.165, 1.54) is 0 Å². The number of fused-ring (bicyclic) bond motifs is 1. The number of carbonyl (C=O) groups excluding carboxylic acids is 1. The predicted molar refractivity (Wildman–Crippen MR) is 104 cm³/mol. The second kappa shape index (κ2) is 8.09. The molecule has 2 aliphatic rings. The molecule has 0 saturated carbocycles. The van der Waals surface area contributed by atoms with E-state index in [-0.39, 0.29) is 12.0 Å². The van der Waals surface area contributed by atoms with E-state index in [0.29, 0.717) is 19.0 Å². The number of piperidine rings is 1. The first kappa shape index (κ1) is 18.0. The lowest BCUT2D eigenvalue weighted by Crippen LogP contribution is -2.46. The maximum absolute atomic E-state index is 12.1. The Morgan fingerprint density at radius 1 is 1.19 bits per heavy atom. The highest BCUT2D eigenvalue weighted by molar-refractivity contribution is 5.73. The molecule has 1 amide bonds. The zero-order chi connectivity index (χ0) is 18.6. The van der Waals surface area contributed by atoms with E-state index in [9.17, 15) is 4.79 Å². The summed E-state index contributed by atoms with van der Waals surface area (Å²) in [5.74, 6) is 1.45. The molecule has 5 heteroatoms. The van der Waals surface area contributed by atoms with Gasteiger partial charge in [-0.15, -0.1) is 0 Å². The number of ether oxygens (including phenoxy) is 1. The number of amides is 1. The molecule has 0 spiro atoms. The molecule has 2 atom stereocenters. The summed E-state index contributed by atoms with van der Waals surface area (Å²) in [5, 5.41) is 0. The van der Waals surface area contributed by atoms with Crippen LogP contribution in [0.2, 0.25) is 0 Å². The minimum atomic E-state index is 0.0316. The van der Waals surface area contributed by atoms with Crippen LogP contribution in [-0.4, -0.2) is 46.4 Å². The first-order valence-electron chi connectivity index (χ1n) is 9.81. The van der Waals surface area contributed by atoms with Crippen molar-refractivity contribution in [3.8, 4) is 5.75 Å². The molecule has 3 heterocycles. The standard InChI is InChI=1S/C22H27N3O2/c1-17(26)25-14-19-7-2-3-10-21(19)27-22(16-25)18-8-6-12-24(13-18)15-20-9-4-5-11-23-20/h2-5,7,9-11,18,22H,6,8,12-16H2,1H3/t18-,22+/m1/s1. The highest BCUT2D eigenvalue weighted by atomic mass is 16.5. The van der Waals surface area contributed by atoms with E-state index in [4.69, 9.17) is 4.74 Å². The second-order valence-electron chi connectivity index (χ2n) is 7.62.